The lowest BCUT2D eigenvalue weighted by Crippen LogP contribution is -2.22. The van der Waals surface area contributed by atoms with Gasteiger partial charge in [-0.15, -0.1) is 0 Å². The molecule has 0 unspecified atom stereocenters. The third-order valence-corrected chi connectivity index (χ3v) is 6.06. The summed E-state index contributed by atoms with van der Waals surface area (Å²) in [4.78, 5) is 18.1. The highest BCUT2D eigenvalue weighted by molar-refractivity contribution is 7.15. The quantitative estimate of drug-likeness (QED) is 0.359. The van der Waals surface area contributed by atoms with Crippen molar-refractivity contribution in [3.8, 4) is 5.75 Å². The fraction of sp³-hybridized carbons (Fsp3) is 0.333. The zero-order valence-electron chi connectivity index (χ0n) is 16.8. The Bertz CT molecular complexity index is 1190. The van der Waals surface area contributed by atoms with Gasteiger partial charge in [-0.3, -0.25) is 4.79 Å². The first-order valence-electron chi connectivity index (χ1n) is 10.4. The molecule has 5 heteroatoms. The number of ether oxygens (including phenoxy) is 1. The SMILES string of the molecule is CCCCCCCCOc1ccc(/C=c2/sc3nc4ccccc4n3c2=O)cc1. The fourth-order valence-electron chi connectivity index (χ4n) is 3.50. The highest BCUT2D eigenvalue weighted by Crippen LogP contribution is 2.17. The van der Waals surface area contributed by atoms with E-state index < -0.39 is 0 Å². The van der Waals surface area contributed by atoms with Crippen LogP contribution >= 0.6 is 11.3 Å². The van der Waals surface area contributed by atoms with Gasteiger partial charge in [0, 0.05) is 0 Å². The molecule has 0 radical (unpaired) electrons. The first-order valence-corrected chi connectivity index (χ1v) is 11.2. The van der Waals surface area contributed by atoms with Crippen LogP contribution in [-0.2, 0) is 0 Å². The molecule has 4 rings (SSSR count). The molecule has 0 saturated heterocycles. The summed E-state index contributed by atoms with van der Waals surface area (Å²) in [6.07, 6.45) is 9.48. The number of nitrogens with zero attached hydrogens (tertiary/aromatic N) is 2. The van der Waals surface area contributed by atoms with E-state index in [4.69, 9.17) is 4.74 Å². The Kier molecular flexibility index (Phi) is 6.25. The summed E-state index contributed by atoms with van der Waals surface area (Å²) in [6.45, 7) is 3.00. The number of aromatic nitrogens is 2. The van der Waals surface area contributed by atoms with E-state index in [-0.39, 0.29) is 5.56 Å². The van der Waals surface area contributed by atoms with Gasteiger partial charge in [-0.05, 0) is 42.3 Å². The molecule has 0 atom stereocenters. The normalized spacial score (nSPS) is 12.2. The average molecular weight is 407 g/mol. The number of thiazole rings is 1. The predicted octanol–water partition coefficient (Wildman–Crippen LogP) is 5.20. The molecule has 2 aromatic heterocycles. The molecule has 0 amide bonds. The maximum atomic E-state index is 12.8. The van der Waals surface area contributed by atoms with E-state index in [0.29, 0.717) is 4.53 Å². The third-order valence-electron chi connectivity index (χ3n) is 5.09. The monoisotopic (exact) mass is 406 g/mol. The van der Waals surface area contributed by atoms with Crippen LogP contribution < -0.4 is 14.8 Å². The molecule has 2 aromatic carbocycles. The molecule has 150 valence electrons. The van der Waals surface area contributed by atoms with Crippen LogP contribution in [0.5, 0.6) is 5.75 Å². The lowest BCUT2D eigenvalue weighted by atomic mass is 10.1. The minimum absolute atomic E-state index is 0.0119. The van der Waals surface area contributed by atoms with Gasteiger partial charge in [-0.2, -0.15) is 0 Å². The summed E-state index contributed by atoms with van der Waals surface area (Å²) >= 11 is 1.43. The maximum absolute atomic E-state index is 12.8. The van der Waals surface area contributed by atoms with Crippen LogP contribution in [-0.4, -0.2) is 16.0 Å². The summed E-state index contributed by atoms with van der Waals surface area (Å²) in [5.74, 6) is 0.880. The van der Waals surface area contributed by atoms with Crippen molar-refractivity contribution in [3.63, 3.8) is 0 Å². The highest BCUT2D eigenvalue weighted by Gasteiger charge is 2.10. The average Bonchev–Trinajstić information content (AvgIpc) is 3.25. The number of benzene rings is 2. The van der Waals surface area contributed by atoms with Gasteiger partial charge in [0.2, 0.25) is 0 Å². The van der Waals surface area contributed by atoms with Gasteiger partial charge in [0.05, 0.1) is 22.2 Å². The maximum Gasteiger partial charge on any atom is 0.274 e. The molecule has 4 nitrogen and oxygen atoms in total. The molecule has 4 aromatic rings. The lowest BCUT2D eigenvalue weighted by molar-refractivity contribution is 0.304. The third kappa shape index (κ3) is 4.51. The van der Waals surface area contributed by atoms with Crippen LogP contribution in [0.25, 0.3) is 22.1 Å². The Hall–Kier alpha value is -2.66. The van der Waals surface area contributed by atoms with Crippen molar-refractivity contribution in [3.05, 3.63) is 69.0 Å². The van der Waals surface area contributed by atoms with Crippen LogP contribution in [0.2, 0.25) is 0 Å². The van der Waals surface area contributed by atoms with E-state index in [0.717, 1.165) is 40.3 Å². The number of para-hydroxylation sites is 2. The molecular formula is C24H26N2O2S. The second kappa shape index (κ2) is 9.23. The van der Waals surface area contributed by atoms with Crippen molar-refractivity contribution in [1.29, 1.82) is 0 Å². The molecule has 0 aliphatic carbocycles. The van der Waals surface area contributed by atoms with E-state index in [1.54, 1.807) is 4.40 Å². The zero-order valence-corrected chi connectivity index (χ0v) is 17.6. The van der Waals surface area contributed by atoms with Crippen LogP contribution in [0.1, 0.15) is 51.0 Å². The standard InChI is InChI=1S/C24H26N2O2S/c1-2-3-4-5-6-9-16-28-19-14-12-18(13-15-19)17-22-23(27)26-21-11-8-7-10-20(21)25-24(26)29-22/h7-8,10-15,17H,2-6,9,16H2,1H3/b22-17+. The van der Waals surface area contributed by atoms with Gasteiger partial charge in [-0.1, -0.05) is 74.6 Å². The van der Waals surface area contributed by atoms with Crippen molar-refractivity contribution >= 4 is 33.4 Å². The van der Waals surface area contributed by atoms with Gasteiger partial charge >= 0.3 is 0 Å². The summed E-state index contributed by atoms with van der Waals surface area (Å²) in [5.41, 5.74) is 2.70. The molecule has 29 heavy (non-hydrogen) atoms. The summed E-state index contributed by atoms with van der Waals surface area (Å²) in [5, 5.41) is 0. The minimum Gasteiger partial charge on any atom is -0.494 e. The molecule has 0 spiro atoms. The Labute approximate surface area is 174 Å². The van der Waals surface area contributed by atoms with Crippen LogP contribution in [0, 0.1) is 0 Å². The molecule has 0 fully saturated rings. The number of fused-ring (bicyclic) bond motifs is 3. The number of unbranched alkanes of at least 4 members (excludes halogenated alkanes) is 5. The van der Waals surface area contributed by atoms with E-state index in [2.05, 4.69) is 11.9 Å². The first-order chi connectivity index (χ1) is 14.3. The van der Waals surface area contributed by atoms with Gasteiger partial charge in [0.1, 0.15) is 5.75 Å². The second-order valence-corrected chi connectivity index (χ2v) is 8.33. The van der Waals surface area contributed by atoms with Gasteiger partial charge in [0.15, 0.2) is 4.96 Å². The number of hydrogen-bond acceptors (Lipinski definition) is 4. The topological polar surface area (TPSA) is 43.6 Å². The Morgan fingerprint density at radius 2 is 1.76 bits per heavy atom. The van der Waals surface area contributed by atoms with Gasteiger partial charge < -0.3 is 4.74 Å². The molecular weight excluding hydrogens is 380 g/mol. The fourth-order valence-corrected chi connectivity index (χ4v) is 4.48. The first kappa shape index (κ1) is 19.6. The molecule has 2 heterocycles. The van der Waals surface area contributed by atoms with Crippen molar-refractivity contribution in [2.75, 3.05) is 6.61 Å². The van der Waals surface area contributed by atoms with E-state index >= 15 is 0 Å². The van der Waals surface area contributed by atoms with Crippen molar-refractivity contribution in [2.24, 2.45) is 0 Å². The second-order valence-electron chi connectivity index (χ2n) is 7.32. The predicted molar refractivity (Wildman–Crippen MR) is 121 cm³/mol. The van der Waals surface area contributed by atoms with E-state index in [1.165, 1.54) is 43.4 Å². The summed E-state index contributed by atoms with van der Waals surface area (Å²) in [7, 11) is 0. The van der Waals surface area contributed by atoms with Crippen molar-refractivity contribution < 1.29 is 4.74 Å². The highest BCUT2D eigenvalue weighted by atomic mass is 32.1. The van der Waals surface area contributed by atoms with Gasteiger partial charge in [-0.25, -0.2) is 9.38 Å². The van der Waals surface area contributed by atoms with Crippen molar-refractivity contribution in [2.45, 2.75) is 45.4 Å². The smallest absolute Gasteiger partial charge is 0.274 e. The summed E-state index contributed by atoms with van der Waals surface area (Å²) in [6, 6.07) is 15.7. The molecule has 0 bridgehead atoms. The van der Waals surface area contributed by atoms with E-state index in [9.17, 15) is 4.79 Å². The Balaban J connectivity index is 1.42. The zero-order chi connectivity index (χ0) is 20.1. The number of imidazole rings is 1. The van der Waals surface area contributed by atoms with Gasteiger partial charge in [0.25, 0.3) is 5.56 Å². The van der Waals surface area contributed by atoms with E-state index in [1.807, 2.05) is 54.6 Å². The summed E-state index contributed by atoms with van der Waals surface area (Å²) < 4.78 is 8.23. The molecule has 0 saturated carbocycles. The Morgan fingerprint density at radius 1 is 1.00 bits per heavy atom. The Morgan fingerprint density at radius 3 is 2.59 bits per heavy atom. The number of hydrogen-bond donors (Lipinski definition) is 0. The number of rotatable bonds is 9. The van der Waals surface area contributed by atoms with Crippen LogP contribution in [0.3, 0.4) is 0 Å². The minimum atomic E-state index is -0.0119. The van der Waals surface area contributed by atoms with Crippen LogP contribution in [0.15, 0.2) is 53.3 Å². The lowest BCUT2D eigenvalue weighted by Gasteiger charge is -2.06. The molecule has 0 N–H and O–H groups in total. The van der Waals surface area contributed by atoms with Crippen LogP contribution in [0.4, 0.5) is 0 Å². The van der Waals surface area contributed by atoms with Crippen molar-refractivity contribution in [1.82, 2.24) is 9.38 Å². The molecule has 0 aliphatic heterocycles. The molecule has 0 aliphatic rings. The largest absolute Gasteiger partial charge is 0.494 e.